The van der Waals surface area contributed by atoms with Crippen LogP contribution in [0.1, 0.15) is 5.56 Å². The van der Waals surface area contributed by atoms with Gasteiger partial charge in [0, 0.05) is 10.7 Å². The van der Waals surface area contributed by atoms with Crippen LogP contribution in [-0.2, 0) is 21.2 Å². The minimum atomic E-state index is -4.17. The maximum Gasteiger partial charge on any atom is 0.263 e. The Kier molecular flexibility index (Phi) is 8.41. The number of rotatable bonds is 10. The van der Waals surface area contributed by atoms with E-state index in [1.165, 1.54) is 32.4 Å². The molecule has 5 aromatic rings. The molecule has 1 heterocycles. The van der Waals surface area contributed by atoms with E-state index in [4.69, 9.17) is 21.1 Å². The van der Waals surface area contributed by atoms with Gasteiger partial charge < -0.3 is 20.1 Å². The van der Waals surface area contributed by atoms with Crippen LogP contribution in [0.15, 0.2) is 95.9 Å². The number of halogens is 1. The minimum Gasteiger partial charge on any atom is -0.493 e. The van der Waals surface area contributed by atoms with Crippen LogP contribution >= 0.6 is 11.6 Å². The van der Waals surface area contributed by atoms with E-state index >= 15 is 0 Å². The normalized spacial score (nSPS) is 11.1. The molecule has 1 aromatic heterocycles. The number of carbonyl (C=O) groups is 1. The molecule has 0 aliphatic rings. The molecular formula is C30H26ClN5O5S. The van der Waals surface area contributed by atoms with Crippen LogP contribution in [0.5, 0.6) is 11.5 Å². The van der Waals surface area contributed by atoms with Crippen LogP contribution in [-0.4, -0.2) is 38.5 Å². The first-order valence-electron chi connectivity index (χ1n) is 12.7. The van der Waals surface area contributed by atoms with Gasteiger partial charge in [-0.3, -0.25) is 9.52 Å². The van der Waals surface area contributed by atoms with Gasteiger partial charge in [0.05, 0.1) is 42.3 Å². The fraction of sp³-hybridized carbons (Fsp3) is 0.100. The van der Waals surface area contributed by atoms with Crippen LogP contribution in [0.4, 0.5) is 23.0 Å². The van der Waals surface area contributed by atoms with Crippen molar-refractivity contribution in [2.75, 3.05) is 29.6 Å². The molecule has 0 bridgehead atoms. The number of hydrogen-bond donors (Lipinski definition) is 3. The lowest BCUT2D eigenvalue weighted by molar-refractivity contribution is -0.115. The Morgan fingerprint density at radius 3 is 2.26 bits per heavy atom. The number of nitrogens with one attached hydrogen (secondary N) is 3. The molecule has 0 radical (unpaired) electrons. The van der Waals surface area contributed by atoms with Gasteiger partial charge in [0.15, 0.2) is 23.1 Å². The van der Waals surface area contributed by atoms with Crippen molar-refractivity contribution in [3.63, 3.8) is 0 Å². The van der Waals surface area contributed by atoms with Gasteiger partial charge in [-0.05, 0) is 60.2 Å². The zero-order chi connectivity index (χ0) is 29.7. The molecule has 10 nitrogen and oxygen atoms in total. The Hall–Kier alpha value is -4.87. The molecule has 0 aliphatic heterocycles. The van der Waals surface area contributed by atoms with Gasteiger partial charge in [-0.15, -0.1) is 0 Å². The highest BCUT2D eigenvalue weighted by molar-refractivity contribution is 7.92. The van der Waals surface area contributed by atoms with Gasteiger partial charge in [0.25, 0.3) is 10.0 Å². The van der Waals surface area contributed by atoms with Crippen LogP contribution in [0, 0.1) is 0 Å². The molecule has 0 aliphatic carbocycles. The molecular weight excluding hydrogens is 578 g/mol. The first-order chi connectivity index (χ1) is 20.3. The van der Waals surface area contributed by atoms with E-state index in [1.54, 1.807) is 66.7 Å². The summed E-state index contributed by atoms with van der Waals surface area (Å²) in [5.74, 6) is 0.681. The number of aromatic nitrogens is 2. The number of methoxy groups -OCH3 is 2. The van der Waals surface area contributed by atoms with E-state index < -0.39 is 10.0 Å². The maximum atomic E-state index is 13.6. The summed E-state index contributed by atoms with van der Waals surface area (Å²) in [6.07, 6.45) is 0.0746. The Balaban J connectivity index is 1.44. The molecule has 0 saturated heterocycles. The zero-order valence-corrected chi connectivity index (χ0v) is 24.2. The van der Waals surface area contributed by atoms with Crippen LogP contribution in [0.3, 0.4) is 0 Å². The summed E-state index contributed by atoms with van der Waals surface area (Å²) in [5.41, 5.74) is 2.57. The molecule has 0 unspecified atom stereocenters. The Morgan fingerprint density at radius 2 is 1.55 bits per heavy atom. The topological polar surface area (TPSA) is 132 Å². The molecule has 5 rings (SSSR count). The molecule has 42 heavy (non-hydrogen) atoms. The molecule has 214 valence electrons. The van der Waals surface area contributed by atoms with E-state index in [0.29, 0.717) is 38.9 Å². The summed E-state index contributed by atoms with van der Waals surface area (Å²) in [5, 5.41) is 6.39. The molecule has 0 fully saturated rings. The molecule has 1 amide bonds. The van der Waals surface area contributed by atoms with E-state index in [2.05, 4.69) is 25.3 Å². The fourth-order valence-electron chi connectivity index (χ4n) is 4.24. The predicted molar refractivity (Wildman–Crippen MR) is 163 cm³/mol. The van der Waals surface area contributed by atoms with Crippen molar-refractivity contribution in [3.05, 3.63) is 102 Å². The highest BCUT2D eigenvalue weighted by Gasteiger charge is 2.21. The molecule has 4 aromatic carbocycles. The average molecular weight is 604 g/mol. The Morgan fingerprint density at radius 1 is 0.833 bits per heavy atom. The largest absolute Gasteiger partial charge is 0.493 e. The van der Waals surface area contributed by atoms with Crippen molar-refractivity contribution in [2.24, 2.45) is 0 Å². The monoisotopic (exact) mass is 603 g/mol. The highest BCUT2D eigenvalue weighted by atomic mass is 35.5. The SMILES string of the molecule is COc1cccc(Nc2nc3ccccc3nc2NS(=O)(=O)c2cccc(NC(=O)Cc3cccc(Cl)c3)c2)c1OC. The zero-order valence-electron chi connectivity index (χ0n) is 22.6. The molecule has 12 heteroatoms. The Bertz CT molecular complexity index is 1880. The lowest BCUT2D eigenvalue weighted by Crippen LogP contribution is -2.17. The Labute approximate surface area is 247 Å². The van der Waals surface area contributed by atoms with Crippen LogP contribution in [0.25, 0.3) is 11.0 Å². The van der Waals surface area contributed by atoms with Crippen molar-refractivity contribution in [3.8, 4) is 11.5 Å². The van der Waals surface area contributed by atoms with Crippen LogP contribution in [0.2, 0.25) is 5.02 Å². The highest BCUT2D eigenvalue weighted by Crippen LogP contribution is 2.38. The van der Waals surface area contributed by atoms with Crippen molar-refractivity contribution in [1.29, 1.82) is 0 Å². The smallest absolute Gasteiger partial charge is 0.263 e. The second-order valence-electron chi connectivity index (χ2n) is 9.06. The third-order valence-electron chi connectivity index (χ3n) is 6.14. The van der Waals surface area contributed by atoms with Gasteiger partial charge in [-0.2, -0.15) is 0 Å². The number of amides is 1. The fourth-order valence-corrected chi connectivity index (χ4v) is 5.50. The lowest BCUT2D eigenvalue weighted by atomic mass is 10.1. The summed E-state index contributed by atoms with van der Waals surface area (Å²) in [7, 11) is -1.15. The number of anilines is 4. The average Bonchev–Trinajstić information content (AvgIpc) is 2.97. The summed E-state index contributed by atoms with van der Waals surface area (Å²) in [6, 6.07) is 25.2. The van der Waals surface area contributed by atoms with Gasteiger partial charge in [0.1, 0.15) is 0 Å². The van der Waals surface area contributed by atoms with E-state index in [1.807, 2.05) is 6.07 Å². The quantitative estimate of drug-likeness (QED) is 0.176. The number of sulfonamides is 1. The lowest BCUT2D eigenvalue weighted by Gasteiger charge is -2.17. The van der Waals surface area contributed by atoms with Crippen molar-refractivity contribution in [2.45, 2.75) is 11.3 Å². The number of para-hydroxylation sites is 3. The van der Waals surface area contributed by atoms with Gasteiger partial charge in [-0.1, -0.05) is 48.0 Å². The van der Waals surface area contributed by atoms with Crippen LogP contribution < -0.4 is 24.8 Å². The summed E-state index contributed by atoms with van der Waals surface area (Å²) in [4.78, 5) is 21.7. The minimum absolute atomic E-state index is 0.0334. The van der Waals surface area contributed by atoms with Crippen molar-refractivity contribution >= 4 is 61.6 Å². The summed E-state index contributed by atoms with van der Waals surface area (Å²) in [6.45, 7) is 0. The van der Waals surface area contributed by atoms with E-state index in [9.17, 15) is 13.2 Å². The van der Waals surface area contributed by atoms with Gasteiger partial charge >= 0.3 is 0 Å². The van der Waals surface area contributed by atoms with E-state index in [0.717, 1.165) is 5.56 Å². The molecule has 0 spiro atoms. The number of fused-ring (bicyclic) bond motifs is 1. The molecule has 0 saturated carbocycles. The standard InChI is InChI=1S/C30H26ClN5O5S/c1-40-26-15-7-14-25(28(26)41-2)35-29-30(34-24-13-4-3-12-23(24)33-29)36-42(38,39)22-11-6-10-21(18-22)32-27(37)17-19-8-5-9-20(31)16-19/h3-16,18H,17H2,1-2H3,(H,32,37)(H,33,35)(H,34,36). The summed E-state index contributed by atoms with van der Waals surface area (Å²) < 4.78 is 40.5. The predicted octanol–water partition coefficient (Wildman–Crippen LogP) is 6.03. The number of benzene rings is 4. The van der Waals surface area contributed by atoms with Crippen molar-refractivity contribution in [1.82, 2.24) is 9.97 Å². The third kappa shape index (κ3) is 6.54. The second-order valence-corrected chi connectivity index (χ2v) is 11.2. The molecule has 3 N–H and O–H groups in total. The number of ether oxygens (including phenoxy) is 2. The second kappa shape index (κ2) is 12.3. The first-order valence-corrected chi connectivity index (χ1v) is 14.5. The van der Waals surface area contributed by atoms with Gasteiger partial charge in [0.2, 0.25) is 5.91 Å². The van der Waals surface area contributed by atoms with Gasteiger partial charge in [-0.25, -0.2) is 18.4 Å². The first kappa shape index (κ1) is 28.7. The number of carbonyl (C=O) groups excluding carboxylic acids is 1. The number of hydrogen-bond acceptors (Lipinski definition) is 8. The summed E-state index contributed by atoms with van der Waals surface area (Å²) >= 11 is 6.01. The van der Waals surface area contributed by atoms with Crippen molar-refractivity contribution < 1.29 is 22.7 Å². The number of nitrogens with zero attached hydrogens (tertiary/aromatic N) is 2. The molecule has 0 atom stereocenters. The maximum absolute atomic E-state index is 13.6. The third-order valence-corrected chi connectivity index (χ3v) is 7.71. The van der Waals surface area contributed by atoms with E-state index in [-0.39, 0.29) is 28.9 Å².